The second-order valence-electron chi connectivity index (χ2n) is 5.09. The molecule has 23 heavy (non-hydrogen) atoms. The standard InChI is InChI=1S/C18H14FNO3/c19-13-5-7-14(8-6-13)20-10-9-16(21)15-11-12-3-1-2-4-17(12)23-18(15)22/h1-8,11,20H,9-10H2. The lowest BCUT2D eigenvalue weighted by Crippen LogP contribution is -2.16. The summed E-state index contributed by atoms with van der Waals surface area (Å²) in [6.45, 7) is 0.344. The lowest BCUT2D eigenvalue weighted by molar-refractivity contribution is 0.0983. The van der Waals surface area contributed by atoms with Crippen molar-refractivity contribution in [3.63, 3.8) is 0 Å². The van der Waals surface area contributed by atoms with Gasteiger partial charge in [0.1, 0.15) is 17.0 Å². The topological polar surface area (TPSA) is 59.3 Å². The predicted molar refractivity (Wildman–Crippen MR) is 86.3 cm³/mol. The first-order valence-electron chi connectivity index (χ1n) is 7.19. The molecule has 116 valence electrons. The van der Waals surface area contributed by atoms with Gasteiger partial charge in [0.25, 0.3) is 0 Å². The van der Waals surface area contributed by atoms with E-state index in [-0.39, 0.29) is 23.6 Å². The van der Waals surface area contributed by atoms with Gasteiger partial charge in [0.2, 0.25) is 0 Å². The number of carbonyl (C=O) groups excluding carboxylic acids is 1. The number of para-hydroxylation sites is 1. The van der Waals surface area contributed by atoms with Crippen LogP contribution in [0.5, 0.6) is 0 Å². The van der Waals surface area contributed by atoms with E-state index in [1.807, 2.05) is 6.07 Å². The summed E-state index contributed by atoms with van der Waals surface area (Å²) in [6, 6.07) is 14.4. The molecule has 5 heteroatoms. The first-order chi connectivity index (χ1) is 11.1. The Morgan fingerprint density at radius 2 is 1.83 bits per heavy atom. The molecule has 1 N–H and O–H groups in total. The summed E-state index contributed by atoms with van der Waals surface area (Å²) in [4.78, 5) is 24.1. The van der Waals surface area contributed by atoms with Gasteiger partial charge in [-0.3, -0.25) is 4.79 Å². The molecule has 0 aliphatic heterocycles. The summed E-state index contributed by atoms with van der Waals surface area (Å²) >= 11 is 0. The largest absolute Gasteiger partial charge is 0.422 e. The fourth-order valence-electron chi connectivity index (χ4n) is 2.28. The van der Waals surface area contributed by atoms with Gasteiger partial charge in [-0.25, -0.2) is 9.18 Å². The molecule has 0 saturated carbocycles. The molecule has 0 bridgehead atoms. The molecule has 4 nitrogen and oxygen atoms in total. The van der Waals surface area contributed by atoms with Crippen LogP contribution in [0.25, 0.3) is 11.0 Å². The third-order valence-corrected chi connectivity index (χ3v) is 3.47. The Balaban J connectivity index is 1.69. The SMILES string of the molecule is O=C(CCNc1ccc(F)cc1)c1cc2ccccc2oc1=O. The molecule has 0 unspecified atom stereocenters. The number of ketones is 1. The summed E-state index contributed by atoms with van der Waals surface area (Å²) in [7, 11) is 0. The minimum Gasteiger partial charge on any atom is -0.422 e. The molecule has 0 aliphatic rings. The number of hydrogen-bond acceptors (Lipinski definition) is 4. The normalized spacial score (nSPS) is 10.7. The maximum atomic E-state index is 12.8. The number of hydrogen-bond donors (Lipinski definition) is 1. The fraction of sp³-hybridized carbons (Fsp3) is 0.111. The van der Waals surface area contributed by atoms with Gasteiger partial charge in [-0.1, -0.05) is 18.2 Å². The van der Waals surface area contributed by atoms with E-state index in [0.29, 0.717) is 23.2 Å². The molecule has 0 fully saturated rings. The van der Waals surface area contributed by atoms with Crippen molar-refractivity contribution in [2.75, 3.05) is 11.9 Å². The minimum absolute atomic E-state index is 0.0459. The van der Waals surface area contributed by atoms with E-state index in [9.17, 15) is 14.0 Å². The highest BCUT2D eigenvalue weighted by Gasteiger charge is 2.13. The number of benzene rings is 2. The first kappa shape index (κ1) is 15.0. The van der Waals surface area contributed by atoms with Gasteiger partial charge in [-0.05, 0) is 36.4 Å². The van der Waals surface area contributed by atoms with Crippen molar-refractivity contribution in [3.8, 4) is 0 Å². The molecular formula is C18H14FNO3. The van der Waals surface area contributed by atoms with Crippen LogP contribution in [-0.2, 0) is 0 Å². The van der Waals surface area contributed by atoms with Crippen molar-refractivity contribution in [2.24, 2.45) is 0 Å². The Morgan fingerprint density at radius 3 is 2.61 bits per heavy atom. The Hall–Kier alpha value is -2.95. The van der Waals surface area contributed by atoms with Crippen molar-refractivity contribution in [3.05, 3.63) is 76.4 Å². The smallest absolute Gasteiger partial charge is 0.347 e. The number of nitrogens with one attached hydrogen (secondary N) is 1. The van der Waals surface area contributed by atoms with E-state index >= 15 is 0 Å². The van der Waals surface area contributed by atoms with Crippen LogP contribution in [0.3, 0.4) is 0 Å². The van der Waals surface area contributed by atoms with Crippen LogP contribution >= 0.6 is 0 Å². The number of anilines is 1. The van der Waals surface area contributed by atoms with E-state index in [0.717, 1.165) is 0 Å². The molecule has 0 aliphatic carbocycles. The zero-order chi connectivity index (χ0) is 16.2. The van der Waals surface area contributed by atoms with E-state index in [1.165, 1.54) is 12.1 Å². The summed E-state index contributed by atoms with van der Waals surface area (Å²) < 4.78 is 18.0. The summed E-state index contributed by atoms with van der Waals surface area (Å²) in [5, 5.41) is 3.72. The Bertz CT molecular complexity index is 900. The third kappa shape index (κ3) is 3.45. The quantitative estimate of drug-likeness (QED) is 0.577. The minimum atomic E-state index is -0.629. The van der Waals surface area contributed by atoms with Crippen LogP contribution in [0.15, 0.2) is 63.8 Å². The van der Waals surface area contributed by atoms with Gasteiger partial charge in [0.05, 0.1) is 0 Å². The van der Waals surface area contributed by atoms with Gasteiger partial charge >= 0.3 is 5.63 Å². The fourth-order valence-corrected chi connectivity index (χ4v) is 2.28. The maximum absolute atomic E-state index is 12.8. The predicted octanol–water partition coefficient (Wildman–Crippen LogP) is 3.62. The second kappa shape index (κ2) is 6.44. The number of fused-ring (bicyclic) bond motifs is 1. The number of halogens is 1. The highest BCUT2D eigenvalue weighted by Crippen LogP contribution is 2.14. The van der Waals surface area contributed by atoms with Gasteiger partial charge in [-0.15, -0.1) is 0 Å². The van der Waals surface area contributed by atoms with Gasteiger partial charge in [-0.2, -0.15) is 0 Å². The van der Waals surface area contributed by atoms with Crippen molar-refractivity contribution in [1.82, 2.24) is 0 Å². The van der Waals surface area contributed by atoms with E-state index in [2.05, 4.69) is 5.32 Å². The van der Waals surface area contributed by atoms with Crippen LogP contribution < -0.4 is 10.9 Å². The van der Waals surface area contributed by atoms with Gasteiger partial charge in [0, 0.05) is 24.0 Å². The van der Waals surface area contributed by atoms with E-state index in [1.54, 1.807) is 36.4 Å². The lowest BCUT2D eigenvalue weighted by atomic mass is 10.1. The Labute approximate surface area is 131 Å². The summed E-state index contributed by atoms with van der Waals surface area (Å²) in [6.07, 6.45) is 0.139. The molecule has 0 saturated heterocycles. The molecule has 0 atom stereocenters. The zero-order valence-corrected chi connectivity index (χ0v) is 12.2. The highest BCUT2D eigenvalue weighted by molar-refractivity contribution is 5.98. The average Bonchev–Trinajstić information content (AvgIpc) is 2.56. The van der Waals surface area contributed by atoms with Crippen LogP contribution in [-0.4, -0.2) is 12.3 Å². The van der Waals surface area contributed by atoms with Crippen molar-refractivity contribution >= 4 is 22.4 Å². The van der Waals surface area contributed by atoms with Crippen LogP contribution in [0.2, 0.25) is 0 Å². The monoisotopic (exact) mass is 311 g/mol. The molecular weight excluding hydrogens is 297 g/mol. The molecule has 0 radical (unpaired) electrons. The van der Waals surface area contributed by atoms with Crippen LogP contribution in [0.4, 0.5) is 10.1 Å². The van der Waals surface area contributed by atoms with Crippen LogP contribution in [0.1, 0.15) is 16.8 Å². The molecule has 1 aromatic heterocycles. The molecule has 2 aromatic carbocycles. The third-order valence-electron chi connectivity index (χ3n) is 3.47. The second-order valence-corrected chi connectivity index (χ2v) is 5.09. The first-order valence-corrected chi connectivity index (χ1v) is 7.19. The van der Waals surface area contributed by atoms with Crippen LogP contribution in [0, 0.1) is 5.82 Å². The lowest BCUT2D eigenvalue weighted by Gasteiger charge is -2.06. The maximum Gasteiger partial charge on any atom is 0.347 e. The molecule has 1 heterocycles. The molecule has 3 rings (SSSR count). The molecule has 3 aromatic rings. The summed E-state index contributed by atoms with van der Waals surface area (Å²) in [5.41, 5.74) is 0.586. The van der Waals surface area contributed by atoms with Gasteiger partial charge < -0.3 is 9.73 Å². The van der Waals surface area contributed by atoms with Crippen molar-refractivity contribution in [1.29, 1.82) is 0 Å². The summed E-state index contributed by atoms with van der Waals surface area (Å²) in [5.74, 6) is -0.612. The number of Topliss-reactive ketones (excluding diaryl/α,β-unsaturated/α-hetero) is 1. The van der Waals surface area contributed by atoms with Crippen molar-refractivity contribution < 1.29 is 13.6 Å². The average molecular weight is 311 g/mol. The highest BCUT2D eigenvalue weighted by atomic mass is 19.1. The number of carbonyl (C=O) groups is 1. The van der Waals surface area contributed by atoms with Gasteiger partial charge in [0.15, 0.2) is 5.78 Å². The molecule has 0 spiro atoms. The Morgan fingerprint density at radius 1 is 1.09 bits per heavy atom. The van der Waals surface area contributed by atoms with E-state index < -0.39 is 5.63 Å². The molecule has 0 amide bonds. The number of rotatable bonds is 5. The van der Waals surface area contributed by atoms with Crippen molar-refractivity contribution in [2.45, 2.75) is 6.42 Å². The Kier molecular flexibility index (Phi) is 4.19. The van der Waals surface area contributed by atoms with E-state index in [4.69, 9.17) is 4.42 Å². The zero-order valence-electron chi connectivity index (χ0n) is 12.2.